The number of carbonyl (C=O) groups excluding carboxylic acids is 1. The Morgan fingerprint density at radius 1 is 1.07 bits per heavy atom. The van der Waals surface area contributed by atoms with Crippen LogP contribution in [0.5, 0.6) is 0 Å². The summed E-state index contributed by atoms with van der Waals surface area (Å²) in [6.07, 6.45) is 3.47. The molecule has 0 saturated heterocycles. The molecule has 1 aliphatic rings. The van der Waals surface area contributed by atoms with Gasteiger partial charge in [0.05, 0.1) is 0 Å². The van der Waals surface area contributed by atoms with E-state index >= 15 is 0 Å². The molecule has 0 spiro atoms. The van der Waals surface area contributed by atoms with Crippen LogP contribution >= 0.6 is 12.4 Å². The number of hydrogen-bond donors (Lipinski definition) is 3. The lowest BCUT2D eigenvalue weighted by molar-refractivity contribution is 0.0951. The van der Waals surface area contributed by atoms with Crippen LogP contribution in [0.4, 0.5) is 0 Å². The molecule has 27 heavy (non-hydrogen) atoms. The van der Waals surface area contributed by atoms with Crippen LogP contribution in [0, 0.1) is 0 Å². The van der Waals surface area contributed by atoms with E-state index in [2.05, 4.69) is 31.9 Å². The van der Waals surface area contributed by atoms with Crippen molar-refractivity contribution in [2.75, 3.05) is 13.1 Å². The standard InChI is InChI=1S/C20H21N5O.ClH/c26-20(18-5-4-15-6-8-21-9-7-16(15)11-18)22-12-14-2-1-3-17(10-14)19-23-13-24-25-19;/h1-5,10-11,13,21H,6-9,12H2,(H,22,26)(H,23,24,25);1H. The summed E-state index contributed by atoms with van der Waals surface area (Å²) in [7, 11) is 0. The number of aromatic amines is 1. The summed E-state index contributed by atoms with van der Waals surface area (Å²) in [5, 5.41) is 13.1. The Labute approximate surface area is 164 Å². The zero-order valence-corrected chi connectivity index (χ0v) is 15.7. The number of hydrogen-bond acceptors (Lipinski definition) is 4. The van der Waals surface area contributed by atoms with Crippen molar-refractivity contribution in [2.45, 2.75) is 19.4 Å². The van der Waals surface area contributed by atoms with Gasteiger partial charge in [-0.3, -0.25) is 9.89 Å². The number of aromatic nitrogens is 3. The summed E-state index contributed by atoms with van der Waals surface area (Å²) in [6.45, 7) is 2.44. The van der Waals surface area contributed by atoms with Gasteiger partial charge in [0.2, 0.25) is 0 Å². The zero-order valence-electron chi connectivity index (χ0n) is 14.9. The predicted molar refractivity (Wildman–Crippen MR) is 107 cm³/mol. The summed E-state index contributed by atoms with van der Waals surface area (Å²) in [4.78, 5) is 16.7. The normalized spacial score (nSPS) is 13.2. The molecule has 1 amide bonds. The Morgan fingerprint density at radius 2 is 1.93 bits per heavy atom. The minimum Gasteiger partial charge on any atom is -0.348 e. The third kappa shape index (κ3) is 4.53. The molecular weight excluding hydrogens is 362 g/mol. The molecule has 0 unspecified atom stereocenters. The van der Waals surface area contributed by atoms with Gasteiger partial charge in [-0.15, -0.1) is 12.4 Å². The van der Waals surface area contributed by atoms with Crippen molar-refractivity contribution < 1.29 is 4.79 Å². The summed E-state index contributed by atoms with van der Waals surface area (Å²) >= 11 is 0. The third-order valence-electron chi connectivity index (χ3n) is 4.68. The Kier molecular flexibility index (Phi) is 6.21. The summed E-state index contributed by atoms with van der Waals surface area (Å²) in [5.74, 6) is 0.674. The maximum absolute atomic E-state index is 12.5. The lowest BCUT2D eigenvalue weighted by Crippen LogP contribution is -2.23. The Bertz CT molecular complexity index is 910. The molecule has 3 N–H and O–H groups in total. The maximum atomic E-state index is 12.5. The minimum absolute atomic E-state index is 0. The van der Waals surface area contributed by atoms with Gasteiger partial charge in [-0.05, 0) is 60.8 Å². The first-order valence-electron chi connectivity index (χ1n) is 8.85. The molecule has 3 aromatic rings. The molecular formula is C20H22ClN5O. The van der Waals surface area contributed by atoms with Crippen LogP contribution in [0.15, 0.2) is 48.8 Å². The molecule has 1 aliphatic heterocycles. The van der Waals surface area contributed by atoms with Crippen molar-refractivity contribution in [1.82, 2.24) is 25.8 Å². The Morgan fingerprint density at radius 3 is 2.74 bits per heavy atom. The monoisotopic (exact) mass is 383 g/mol. The average Bonchev–Trinajstić information content (AvgIpc) is 3.12. The molecule has 0 bridgehead atoms. The van der Waals surface area contributed by atoms with Gasteiger partial charge in [0.15, 0.2) is 5.82 Å². The molecule has 0 aliphatic carbocycles. The largest absolute Gasteiger partial charge is 0.348 e. The summed E-state index contributed by atoms with van der Waals surface area (Å²) < 4.78 is 0. The van der Waals surface area contributed by atoms with Crippen LogP contribution in [0.1, 0.15) is 27.0 Å². The molecule has 0 saturated carbocycles. The highest BCUT2D eigenvalue weighted by molar-refractivity contribution is 5.94. The van der Waals surface area contributed by atoms with Crippen molar-refractivity contribution in [1.29, 1.82) is 0 Å². The van der Waals surface area contributed by atoms with Crippen molar-refractivity contribution >= 4 is 18.3 Å². The quantitative estimate of drug-likeness (QED) is 0.646. The number of rotatable bonds is 4. The van der Waals surface area contributed by atoms with E-state index in [9.17, 15) is 4.79 Å². The molecule has 0 fully saturated rings. The zero-order chi connectivity index (χ0) is 17.8. The van der Waals surface area contributed by atoms with E-state index in [-0.39, 0.29) is 18.3 Å². The van der Waals surface area contributed by atoms with Gasteiger partial charge in [-0.1, -0.05) is 24.3 Å². The number of nitrogens with one attached hydrogen (secondary N) is 3. The lowest BCUT2D eigenvalue weighted by atomic mass is 10.00. The van der Waals surface area contributed by atoms with Crippen LogP contribution < -0.4 is 10.6 Å². The van der Waals surface area contributed by atoms with E-state index in [1.807, 2.05) is 36.4 Å². The molecule has 0 atom stereocenters. The molecule has 2 aromatic carbocycles. The fraction of sp³-hybridized carbons (Fsp3) is 0.250. The van der Waals surface area contributed by atoms with Gasteiger partial charge < -0.3 is 10.6 Å². The van der Waals surface area contributed by atoms with Crippen molar-refractivity contribution in [3.63, 3.8) is 0 Å². The maximum Gasteiger partial charge on any atom is 0.251 e. The number of amides is 1. The van der Waals surface area contributed by atoms with Gasteiger partial charge in [-0.25, -0.2) is 4.98 Å². The highest BCUT2D eigenvalue weighted by Crippen LogP contribution is 2.17. The highest BCUT2D eigenvalue weighted by atomic mass is 35.5. The van der Waals surface area contributed by atoms with Crippen LogP contribution in [0.3, 0.4) is 0 Å². The topological polar surface area (TPSA) is 82.7 Å². The number of carbonyl (C=O) groups is 1. The van der Waals surface area contributed by atoms with E-state index in [0.717, 1.165) is 48.4 Å². The first-order chi connectivity index (χ1) is 12.8. The van der Waals surface area contributed by atoms with E-state index in [1.165, 1.54) is 17.5 Å². The molecule has 7 heteroatoms. The summed E-state index contributed by atoms with van der Waals surface area (Å²) in [5.41, 5.74) is 5.30. The first kappa shape index (κ1) is 19.1. The van der Waals surface area contributed by atoms with Gasteiger partial charge in [0, 0.05) is 17.7 Å². The second kappa shape index (κ2) is 8.79. The van der Waals surface area contributed by atoms with Crippen LogP contribution in [0.25, 0.3) is 11.4 Å². The number of fused-ring (bicyclic) bond motifs is 1. The second-order valence-corrected chi connectivity index (χ2v) is 6.45. The Hall–Kier alpha value is -2.70. The van der Waals surface area contributed by atoms with E-state index in [1.54, 1.807) is 0 Å². The molecule has 2 heterocycles. The van der Waals surface area contributed by atoms with E-state index in [4.69, 9.17) is 0 Å². The van der Waals surface area contributed by atoms with Crippen molar-refractivity contribution in [3.8, 4) is 11.4 Å². The first-order valence-corrected chi connectivity index (χ1v) is 8.85. The highest BCUT2D eigenvalue weighted by Gasteiger charge is 2.12. The van der Waals surface area contributed by atoms with Gasteiger partial charge in [-0.2, -0.15) is 5.10 Å². The van der Waals surface area contributed by atoms with Gasteiger partial charge >= 0.3 is 0 Å². The molecule has 1 aromatic heterocycles. The lowest BCUT2D eigenvalue weighted by Gasteiger charge is -2.10. The SMILES string of the molecule is Cl.O=C(NCc1cccc(-c2ncn[nH]2)c1)c1ccc2c(c1)CCNCC2. The fourth-order valence-corrected chi connectivity index (χ4v) is 3.27. The fourth-order valence-electron chi connectivity index (χ4n) is 3.27. The van der Waals surface area contributed by atoms with Crippen molar-refractivity contribution in [3.05, 3.63) is 71.0 Å². The van der Waals surface area contributed by atoms with Crippen LogP contribution in [-0.2, 0) is 19.4 Å². The number of benzene rings is 2. The predicted octanol–water partition coefficient (Wildman–Crippen LogP) is 2.51. The van der Waals surface area contributed by atoms with Crippen molar-refractivity contribution in [2.24, 2.45) is 0 Å². The average molecular weight is 384 g/mol. The third-order valence-corrected chi connectivity index (χ3v) is 4.68. The Balaban J connectivity index is 0.00000210. The summed E-state index contributed by atoms with van der Waals surface area (Å²) in [6, 6.07) is 13.9. The molecule has 4 rings (SSSR count). The van der Waals surface area contributed by atoms with E-state index < -0.39 is 0 Å². The van der Waals surface area contributed by atoms with Gasteiger partial charge in [0.1, 0.15) is 6.33 Å². The molecule has 6 nitrogen and oxygen atoms in total. The van der Waals surface area contributed by atoms with Crippen LogP contribution in [0.2, 0.25) is 0 Å². The minimum atomic E-state index is -0.0462. The van der Waals surface area contributed by atoms with Crippen LogP contribution in [-0.4, -0.2) is 34.2 Å². The number of nitrogens with zero attached hydrogens (tertiary/aromatic N) is 2. The molecule has 140 valence electrons. The second-order valence-electron chi connectivity index (χ2n) is 6.45. The smallest absolute Gasteiger partial charge is 0.251 e. The molecule has 0 radical (unpaired) electrons. The van der Waals surface area contributed by atoms with E-state index in [0.29, 0.717) is 6.54 Å². The number of H-pyrrole nitrogens is 1. The number of halogens is 1. The van der Waals surface area contributed by atoms with Gasteiger partial charge in [0.25, 0.3) is 5.91 Å².